The number of pyridine rings is 1. The van der Waals surface area contributed by atoms with Gasteiger partial charge in [0.2, 0.25) is 5.91 Å². The maximum absolute atomic E-state index is 12.2. The number of anilines is 1. The molecule has 20 heavy (non-hydrogen) atoms. The van der Waals surface area contributed by atoms with E-state index in [2.05, 4.69) is 16.4 Å². The third-order valence-corrected chi connectivity index (χ3v) is 3.26. The Morgan fingerprint density at radius 1 is 1.45 bits per heavy atom. The smallest absolute Gasteiger partial charge is 0.244 e. The van der Waals surface area contributed by atoms with Crippen molar-refractivity contribution in [1.82, 2.24) is 9.88 Å². The van der Waals surface area contributed by atoms with E-state index in [9.17, 15) is 10.1 Å². The molecule has 1 rings (SSSR count). The summed E-state index contributed by atoms with van der Waals surface area (Å²) in [6.07, 6.45) is 0. The van der Waals surface area contributed by atoms with Gasteiger partial charge in [0, 0.05) is 18.8 Å². The maximum Gasteiger partial charge on any atom is 0.244 e. The minimum atomic E-state index is -0.407. The molecule has 1 amide bonds. The van der Waals surface area contributed by atoms with Crippen LogP contribution in [0.15, 0.2) is 6.07 Å². The summed E-state index contributed by atoms with van der Waals surface area (Å²) >= 11 is 0. The molecule has 0 aromatic carbocycles. The molecule has 0 saturated heterocycles. The summed E-state index contributed by atoms with van der Waals surface area (Å²) in [5.41, 5.74) is 2.19. The van der Waals surface area contributed by atoms with Crippen LogP contribution in [-0.2, 0) is 4.79 Å². The molecule has 1 aromatic rings. The Labute approximate surface area is 120 Å². The first-order valence-corrected chi connectivity index (χ1v) is 6.88. The number of carbonyl (C=O) groups is 1. The van der Waals surface area contributed by atoms with E-state index in [0.717, 1.165) is 11.3 Å². The standard InChI is InChI=1S/C15H22N4O/c1-6-19(7-2)15(20)12(5)18-14-13(9-16)10(3)8-11(4)17-14/h8,12H,6-7H2,1-5H3,(H,17,18). The van der Waals surface area contributed by atoms with Crippen LogP contribution < -0.4 is 5.32 Å². The van der Waals surface area contributed by atoms with E-state index < -0.39 is 6.04 Å². The summed E-state index contributed by atoms with van der Waals surface area (Å²) < 4.78 is 0. The Balaban J connectivity index is 2.99. The van der Waals surface area contributed by atoms with E-state index in [1.165, 1.54) is 0 Å². The van der Waals surface area contributed by atoms with Gasteiger partial charge in [0.15, 0.2) is 0 Å². The molecule has 0 bridgehead atoms. The van der Waals surface area contributed by atoms with Crippen molar-refractivity contribution in [2.24, 2.45) is 0 Å². The van der Waals surface area contributed by atoms with Crippen molar-refractivity contribution < 1.29 is 4.79 Å². The van der Waals surface area contributed by atoms with Gasteiger partial charge < -0.3 is 10.2 Å². The first-order valence-electron chi connectivity index (χ1n) is 6.88. The topological polar surface area (TPSA) is 69.0 Å². The molecule has 5 heteroatoms. The van der Waals surface area contributed by atoms with E-state index in [-0.39, 0.29) is 5.91 Å². The minimum absolute atomic E-state index is 0.0137. The van der Waals surface area contributed by atoms with Gasteiger partial charge in [-0.05, 0) is 46.2 Å². The van der Waals surface area contributed by atoms with Crippen LogP contribution in [0, 0.1) is 25.2 Å². The lowest BCUT2D eigenvalue weighted by atomic mass is 10.1. The van der Waals surface area contributed by atoms with Crippen LogP contribution in [-0.4, -0.2) is 34.9 Å². The van der Waals surface area contributed by atoms with Gasteiger partial charge in [0.1, 0.15) is 17.9 Å². The van der Waals surface area contributed by atoms with E-state index in [0.29, 0.717) is 24.5 Å². The fourth-order valence-corrected chi connectivity index (χ4v) is 2.16. The number of amides is 1. The van der Waals surface area contributed by atoms with E-state index in [1.807, 2.05) is 33.8 Å². The zero-order chi connectivity index (χ0) is 15.3. The highest BCUT2D eigenvalue weighted by Gasteiger charge is 2.20. The van der Waals surface area contributed by atoms with Crippen LogP contribution in [0.4, 0.5) is 5.82 Å². The Kier molecular flexibility index (Phi) is 5.51. The number of aromatic nitrogens is 1. The van der Waals surface area contributed by atoms with Crippen molar-refractivity contribution >= 4 is 11.7 Å². The number of rotatable bonds is 5. The lowest BCUT2D eigenvalue weighted by Gasteiger charge is -2.24. The van der Waals surface area contributed by atoms with Crippen LogP contribution in [0.1, 0.15) is 37.6 Å². The van der Waals surface area contributed by atoms with Crippen LogP contribution in [0.2, 0.25) is 0 Å². The molecule has 0 spiro atoms. The molecule has 1 aromatic heterocycles. The molecule has 0 radical (unpaired) electrons. The third-order valence-electron chi connectivity index (χ3n) is 3.26. The van der Waals surface area contributed by atoms with Crippen LogP contribution in [0.5, 0.6) is 0 Å². The molecule has 1 atom stereocenters. The summed E-state index contributed by atoms with van der Waals surface area (Å²) in [6, 6.07) is 3.60. The minimum Gasteiger partial charge on any atom is -0.358 e. The van der Waals surface area contributed by atoms with Gasteiger partial charge in [-0.3, -0.25) is 4.79 Å². The average molecular weight is 274 g/mol. The number of carbonyl (C=O) groups excluding carboxylic acids is 1. The Bertz CT molecular complexity index is 529. The second kappa shape index (κ2) is 6.90. The second-order valence-corrected chi connectivity index (χ2v) is 4.79. The lowest BCUT2D eigenvalue weighted by molar-refractivity contribution is -0.131. The highest BCUT2D eigenvalue weighted by atomic mass is 16.2. The third kappa shape index (κ3) is 3.47. The summed E-state index contributed by atoms with van der Waals surface area (Å²) in [5.74, 6) is 0.498. The van der Waals surface area contributed by atoms with Gasteiger partial charge in [-0.25, -0.2) is 4.98 Å². The second-order valence-electron chi connectivity index (χ2n) is 4.79. The van der Waals surface area contributed by atoms with E-state index in [1.54, 1.807) is 11.8 Å². The van der Waals surface area contributed by atoms with E-state index >= 15 is 0 Å². The number of hydrogen-bond acceptors (Lipinski definition) is 4. The summed E-state index contributed by atoms with van der Waals surface area (Å²) in [7, 11) is 0. The van der Waals surface area contributed by atoms with E-state index in [4.69, 9.17) is 0 Å². The number of hydrogen-bond donors (Lipinski definition) is 1. The van der Waals surface area contributed by atoms with Crippen molar-refractivity contribution in [3.05, 3.63) is 22.9 Å². The average Bonchev–Trinajstić information content (AvgIpc) is 2.39. The largest absolute Gasteiger partial charge is 0.358 e. The number of nitrogens with zero attached hydrogens (tertiary/aromatic N) is 3. The molecule has 1 unspecified atom stereocenters. The molecule has 108 valence electrons. The van der Waals surface area contributed by atoms with Gasteiger partial charge in [-0.1, -0.05) is 0 Å². The molecule has 5 nitrogen and oxygen atoms in total. The predicted octanol–water partition coefficient (Wildman–Crippen LogP) is 2.24. The van der Waals surface area contributed by atoms with Gasteiger partial charge in [-0.15, -0.1) is 0 Å². The first kappa shape index (κ1) is 16.0. The molecular formula is C15H22N4O. The van der Waals surface area contributed by atoms with Crippen molar-refractivity contribution in [2.75, 3.05) is 18.4 Å². The highest BCUT2D eigenvalue weighted by molar-refractivity contribution is 5.84. The Morgan fingerprint density at radius 2 is 2.05 bits per heavy atom. The van der Waals surface area contributed by atoms with Crippen LogP contribution in [0.25, 0.3) is 0 Å². The zero-order valence-electron chi connectivity index (χ0n) is 12.8. The van der Waals surface area contributed by atoms with Crippen molar-refractivity contribution in [2.45, 2.75) is 40.7 Å². The molecule has 0 fully saturated rings. The predicted molar refractivity (Wildman–Crippen MR) is 79.4 cm³/mol. The molecule has 1 heterocycles. The monoisotopic (exact) mass is 274 g/mol. The van der Waals surface area contributed by atoms with Crippen LogP contribution in [0.3, 0.4) is 0 Å². The van der Waals surface area contributed by atoms with Crippen molar-refractivity contribution in [1.29, 1.82) is 5.26 Å². The SMILES string of the molecule is CCN(CC)C(=O)C(C)Nc1nc(C)cc(C)c1C#N. The molecule has 0 saturated carbocycles. The Hall–Kier alpha value is -2.09. The van der Waals surface area contributed by atoms with Crippen molar-refractivity contribution in [3.63, 3.8) is 0 Å². The Morgan fingerprint density at radius 3 is 2.55 bits per heavy atom. The fourth-order valence-electron chi connectivity index (χ4n) is 2.16. The molecule has 0 aliphatic heterocycles. The zero-order valence-corrected chi connectivity index (χ0v) is 12.8. The number of nitrogens with one attached hydrogen (secondary N) is 1. The molecule has 1 N–H and O–H groups in total. The summed E-state index contributed by atoms with van der Waals surface area (Å²) in [6.45, 7) is 10.8. The van der Waals surface area contributed by atoms with Gasteiger partial charge in [0.05, 0.1) is 5.56 Å². The molecule has 0 aliphatic carbocycles. The normalized spacial score (nSPS) is 11.6. The number of nitriles is 1. The van der Waals surface area contributed by atoms with Crippen LogP contribution >= 0.6 is 0 Å². The first-order chi connectivity index (χ1) is 9.44. The summed E-state index contributed by atoms with van der Waals surface area (Å²) in [4.78, 5) is 18.3. The lowest BCUT2D eigenvalue weighted by Crippen LogP contribution is -2.41. The van der Waals surface area contributed by atoms with Crippen molar-refractivity contribution in [3.8, 4) is 6.07 Å². The molecule has 0 aliphatic rings. The van der Waals surface area contributed by atoms with Gasteiger partial charge in [-0.2, -0.15) is 5.26 Å². The molecular weight excluding hydrogens is 252 g/mol. The fraction of sp³-hybridized carbons (Fsp3) is 0.533. The van der Waals surface area contributed by atoms with Gasteiger partial charge in [0.25, 0.3) is 0 Å². The maximum atomic E-state index is 12.2. The highest BCUT2D eigenvalue weighted by Crippen LogP contribution is 2.18. The number of aryl methyl sites for hydroxylation is 2. The summed E-state index contributed by atoms with van der Waals surface area (Å²) in [5, 5.41) is 12.3. The quantitative estimate of drug-likeness (QED) is 0.894. The number of likely N-dealkylation sites (N-methyl/N-ethyl adjacent to an activating group) is 1. The van der Waals surface area contributed by atoms with Gasteiger partial charge >= 0.3 is 0 Å².